The van der Waals surface area contributed by atoms with Gasteiger partial charge >= 0.3 is 0 Å². The van der Waals surface area contributed by atoms with Gasteiger partial charge in [-0.05, 0) is 64.8 Å². The molecule has 192 valence electrons. The largest absolute Gasteiger partial charge is 0.507 e. The number of aromatic hydroxyl groups is 3. The van der Waals surface area contributed by atoms with E-state index < -0.39 is 27.0 Å². The zero-order valence-electron chi connectivity index (χ0n) is 21.2. The minimum Gasteiger partial charge on any atom is -0.507 e. The SMILES string of the molecule is CC(C)=CCc1c(O)c(CC=C(C)C)c2oc(-c3ccc(S(=O)(=O)N(C)C)cc3)c(O)c(=O)c2c1O. The third kappa shape index (κ3) is 5.03. The molecule has 1 aromatic heterocycles. The average Bonchev–Trinajstić information content (AvgIpc) is 2.80. The first-order valence-corrected chi connectivity index (χ1v) is 12.8. The number of allylic oxidation sites excluding steroid dienone is 4. The summed E-state index contributed by atoms with van der Waals surface area (Å²) in [5, 5.41) is 32.5. The summed E-state index contributed by atoms with van der Waals surface area (Å²) in [6, 6.07) is 5.52. The summed E-state index contributed by atoms with van der Waals surface area (Å²) < 4.78 is 31.8. The lowest BCUT2D eigenvalue weighted by molar-refractivity contribution is 0.430. The lowest BCUT2D eigenvalue weighted by Gasteiger charge is -2.16. The molecule has 3 rings (SSSR count). The maximum atomic E-state index is 13.3. The van der Waals surface area contributed by atoms with Gasteiger partial charge in [-0.15, -0.1) is 0 Å². The molecule has 0 atom stereocenters. The Bertz CT molecular complexity index is 1540. The van der Waals surface area contributed by atoms with Gasteiger partial charge in [-0.25, -0.2) is 12.7 Å². The maximum absolute atomic E-state index is 13.3. The van der Waals surface area contributed by atoms with Gasteiger partial charge in [0.15, 0.2) is 5.76 Å². The number of nitrogens with zero attached hydrogens (tertiary/aromatic N) is 1. The van der Waals surface area contributed by atoms with Gasteiger partial charge < -0.3 is 19.7 Å². The third-order valence-corrected chi connectivity index (χ3v) is 7.61. The van der Waals surface area contributed by atoms with Crippen molar-refractivity contribution in [3.8, 4) is 28.6 Å². The molecule has 0 amide bonds. The average molecular weight is 514 g/mol. The van der Waals surface area contributed by atoms with Crippen LogP contribution >= 0.6 is 0 Å². The Balaban J connectivity index is 2.34. The number of benzene rings is 2. The Morgan fingerprint density at radius 3 is 1.89 bits per heavy atom. The van der Waals surface area contributed by atoms with Crippen molar-refractivity contribution in [3.63, 3.8) is 0 Å². The molecule has 0 saturated carbocycles. The molecule has 0 bridgehead atoms. The van der Waals surface area contributed by atoms with Gasteiger partial charge in [-0.1, -0.05) is 23.3 Å². The van der Waals surface area contributed by atoms with Gasteiger partial charge in [0, 0.05) is 30.8 Å². The van der Waals surface area contributed by atoms with Gasteiger partial charge in [0.1, 0.15) is 22.5 Å². The van der Waals surface area contributed by atoms with E-state index in [0.717, 1.165) is 15.5 Å². The summed E-state index contributed by atoms with van der Waals surface area (Å²) in [6.45, 7) is 7.53. The summed E-state index contributed by atoms with van der Waals surface area (Å²) in [7, 11) is -0.852. The van der Waals surface area contributed by atoms with Crippen LogP contribution in [0.4, 0.5) is 0 Å². The summed E-state index contributed by atoms with van der Waals surface area (Å²) in [4.78, 5) is 13.3. The van der Waals surface area contributed by atoms with Crippen molar-refractivity contribution in [1.82, 2.24) is 4.31 Å². The summed E-state index contributed by atoms with van der Waals surface area (Å²) in [5.41, 5.74) is 1.75. The van der Waals surface area contributed by atoms with Gasteiger partial charge in [-0.2, -0.15) is 0 Å². The minimum absolute atomic E-state index is 0.0299. The zero-order valence-corrected chi connectivity index (χ0v) is 22.0. The van der Waals surface area contributed by atoms with E-state index in [0.29, 0.717) is 5.56 Å². The van der Waals surface area contributed by atoms with Crippen molar-refractivity contribution in [2.75, 3.05) is 14.1 Å². The van der Waals surface area contributed by atoms with E-state index in [1.54, 1.807) is 0 Å². The number of hydrogen-bond donors (Lipinski definition) is 3. The fourth-order valence-corrected chi connectivity index (χ4v) is 4.59. The first kappa shape index (κ1) is 27.0. The van der Waals surface area contributed by atoms with E-state index in [1.165, 1.54) is 38.4 Å². The number of sulfonamides is 1. The molecule has 0 radical (unpaired) electrons. The predicted octanol–water partition coefficient (Wildman–Crippen LogP) is 4.84. The first-order chi connectivity index (χ1) is 16.8. The molecule has 36 heavy (non-hydrogen) atoms. The van der Waals surface area contributed by atoms with E-state index in [4.69, 9.17) is 4.42 Å². The number of phenols is 2. The highest BCUT2D eigenvalue weighted by molar-refractivity contribution is 7.89. The highest BCUT2D eigenvalue weighted by Crippen LogP contribution is 2.42. The minimum atomic E-state index is -3.68. The van der Waals surface area contributed by atoms with Crippen LogP contribution in [0.1, 0.15) is 38.8 Å². The summed E-state index contributed by atoms with van der Waals surface area (Å²) in [6.07, 6.45) is 4.07. The lowest BCUT2D eigenvalue weighted by Crippen LogP contribution is -2.22. The van der Waals surface area contributed by atoms with E-state index in [2.05, 4.69) is 0 Å². The molecule has 0 fully saturated rings. The van der Waals surface area contributed by atoms with Crippen LogP contribution in [0.25, 0.3) is 22.3 Å². The van der Waals surface area contributed by atoms with Crippen LogP contribution in [-0.2, 0) is 22.9 Å². The number of fused-ring (bicyclic) bond motifs is 1. The second-order valence-electron chi connectivity index (χ2n) is 9.25. The molecule has 8 nitrogen and oxygen atoms in total. The number of phenolic OH excluding ortho intramolecular Hbond substituents is 2. The van der Waals surface area contributed by atoms with E-state index in [9.17, 15) is 28.5 Å². The standard InChI is InChI=1S/C27H31NO7S/c1-15(2)7-13-19-22(29)20(14-8-16(3)4)27-21(23(19)30)24(31)25(32)26(35-27)17-9-11-18(12-10-17)36(33,34)28(5)6/h7-12,29-30,32H,13-14H2,1-6H3. The molecular weight excluding hydrogens is 482 g/mol. The van der Waals surface area contributed by atoms with Crippen LogP contribution in [0.15, 0.2) is 61.7 Å². The molecule has 0 unspecified atom stereocenters. The first-order valence-electron chi connectivity index (χ1n) is 11.3. The molecule has 0 saturated heterocycles. The smallest absolute Gasteiger partial charge is 0.242 e. The second-order valence-corrected chi connectivity index (χ2v) is 11.4. The fraction of sp³-hybridized carbons (Fsp3) is 0.296. The van der Waals surface area contributed by atoms with Gasteiger partial charge in [0.2, 0.25) is 21.2 Å². The van der Waals surface area contributed by atoms with Crippen LogP contribution in [0, 0.1) is 0 Å². The van der Waals surface area contributed by atoms with E-state index in [-0.39, 0.29) is 51.3 Å². The van der Waals surface area contributed by atoms with Crippen molar-refractivity contribution in [2.24, 2.45) is 0 Å². The van der Waals surface area contributed by atoms with E-state index >= 15 is 0 Å². The van der Waals surface area contributed by atoms with Crippen LogP contribution in [0.5, 0.6) is 17.2 Å². The normalized spacial score (nSPS) is 11.6. The Morgan fingerprint density at radius 1 is 0.861 bits per heavy atom. The molecule has 0 aliphatic rings. The predicted molar refractivity (Wildman–Crippen MR) is 140 cm³/mol. The van der Waals surface area contributed by atoms with E-state index in [1.807, 2.05) is 39.8 Å². The van der Waals surface area contributed by atoms with Crippen molar-refractivity contribution >= 4 is 21.0 Å². The molecular formula is C27H31NO7S. The Labute approximate surface area is 210 Å². The summed E-state index contributed by atoms with van der Waals surface area (Å²) >= 11 is 0. The molecule has 1 heterocycles. The van der Waals surface area contributed by atoms with Gasteiger partial charge in [0.25, 0.3) is 0 Å². The lowest BCUT2D eigenvalue weighted by atomic mass is 9.96. The molecule has 2 aromatic carbocycles. The maximum Gasteiger partial charge on any atom is 0.242 e. The van der Waals surface area contributed by atoms with Crippen molar-refractivity contribution in [3.05, 3.63) is 68.9 Å². The number of hydrogen-bond acceptors (Lipinski definition) is 7. The molecule has 9 heteroatoms. The van der Waals surface area contributed by atoms with Crippen LogP contribution in [-0.4, -0.2) is 42.1 Å². The Morgan fingerprint density at radius 2 is 1.39 bits per heavy atom. The van der Waals surface area contributed by atoms with Gasteiger partial charge in [-0.3, -0.25) is 4.79 Å². The molecule has 3 aromatic rings. The molecule has 3 N–H and O–H groups in total. The number of rotatable bonds is 7. The Kier molecular flexibility index (Phi) is 7.66. The molecule has 0 aliphatic heterocycles. The highest BCUT2D eigenvalue weighted by atomic mass is 32.2. The van der Waals surface area contributed by atoms with Crippen LogP contribution in [0.2, 0.25) is 0 Å². The van der Waals surface area contributed by atoms with Crippen LogP contribution < -0.4 is 5.43 Å². The molecule has 0 spiro atoms. The molecule has 0 aliphatic carbocycles. The van der Waals surface area contributed by atoms with Crippen molar-refractivity contribution < 1.29 is 28.2 Å². The fourth-order valence-electron chi connectivity index (χ4n) is 3.69. The Hall–Kier alpha value is -3.56. The monoisotopic (exact) mass is 513 g/mol. The quantitative estimate of drug-likeness (QED) is 0.386. The second kappa shape index (κ2) is 10.2. The third-order valence-electron chi connectivity index (χ3n) is 5.78. The highest BCUT2D eigenvalue weighted by Gasteiger charge is 2.26. The van der Waals surface area contributed by atoms with Crippen LogP contribution in [0.3, 0.4) is 0 Å². The van der Waals surface area contributed by atoms with Gasteiger partial charge in [0.05, 0.1) is 4.90 Å². The zero-order chi connectivity index (χ0) is 26.9. The topological polar surface area (TPSA) is 128 Å². The summed E-state index contributed by atoms with van der Waals surface area (Å²) in [5.74, 6) is -1.57. The van der Waals surface area contributed by atoms with Crippen molar-refractivity contribution in [1.29, 1.82) is 0 Å². The van der Waals surface area contributed by atoms with Crippen molar-refractivity contribution in [2.45, 2.75) is 45.4 Å².